The van der Waals surface area contributed by atoms with Gasteiger partial charge >= 0.3 is 0 Å². The lowest BCUT2D eigenvalue weighted by atomic mass is 10.1. The Labute approximate surface area is 65.9 Å². The standard InChI is InChI=1S/C8H12N2O/c1-6(11)4-7-2-3-10-8(9)5-7/h2-3,5-6,11H,4H2,1H3,(H2,9,10). The Hall–Kier alpha value is -1.09. The summed E-state index contributed by atoms with van der Waals surface area (Å²) in [4.78, 5) is 3.84. The number of pyridine rings is 1. The molecule has 1 aromatic heterocycles. The maximum Gasteiger partial charge on any atom is 0.123 e. The zero-order chi connectivity index (χ0) is 8.27. The number of hydrogen-bond donors (Lipinski definition) is 2. The fraction of sp³-hybridized carbons (Fsp3) is 0.375. The van der Waals surface area contributed by atoms with E-state index < -0.39 is 0 Å². The van der Waals surface area contributed by atoms with E-state index in [2.05, 4.69) is 4.98 Å². The van der Waals surface area contributed by atoms with Gasteiger partial charge in [0.05, 0.1) is 6.10 Å². The molecule has 0 aliphatic heterocycles. The number of anilines is 1. The molecule has 3 N–H and O–H groups in total. The summed E-state index contributed by atoms with van der Waals surface area (Å²) >= 11 is 0. The second-order valence-electron chi connectivity index (χ2n) is 2.64. The number of nitrogens with two attached hydrogens (primary N) is 1. The monoisotopic (exact) mass is 152 g/mol. The average molecular weight is 152 g/mol. The van der Waals surface area contributed by atoms with Gasteiger partial charge in [0.15, 0.2) is 0 Å². The van der Waals surface area contributed by atoms with Gasteiger partial charge in [0, 0.05) is 6.20 Å². The molecule has 1 heterocycles. The van der Waals surface area contributed by atoms with Crippen LogP contribution in [-0.2, 0) is 6.42 Å². The third-order valence-corrected chi connectivity index (χ3v) is 1.38. The molecule has 1 rings (SSSR count). The molecule has 3 nitrogen and oxygen atoms in total. The van der Waals surface area contributed by atoms with Crippen LogP contribution in [0.1, 0.15) is 12.5 Å². The molecule has 0 aliphatic carbocycles. The number of nitrogen functional groups attached to an aromatic ring is 1. The van der Waals surface area contributed by atoms with E-state index in [0.29, 0.717) is 12.2 Å². The average Bonchev–Trinajstić information content (AvgIpc) is 1.85. The predicted molar refractivity (Wildman–Crippen MR) is 44.0 cm³/mol. The minimum absolute atomic E-state index is 0.322. The van der Waals surface area contributed by atoms with Crippen molar-refractivity contribution < 1.29 is 5.11 Å². The van der Waals surface area contributed by atoms with E-state index in [4.69, 9.17) is 10.8 Å². The highest BCUT2D eigenvalue weighted by Crippen LogP contribution is 2.05. The van der Waals surface area contributed by atoms with Crippen molar-refractivity contribution in [2.45, 2.75) is 19.4 Å². The van der Waals surface area contributed by atoms with Gasteiger partial charge in [0.25, 0.3) is 0 Å². The second kappa shape index (κ2) is 3.34. The molecule has 11 heavy (non-hydrogen) atoms. The van der Waals surface area contributed by atoms with Crippen molar-refractivity contribution in [1.82, 2.24) is 4.98 Å². The van der Waals surface area contributed by atoms with Crippen LogP contribution >= 0.6 is 0 Å². The van der Waals surface area contributed by atoms with Gasteiger partial charge in [-0.3, -0.25) is 0 Å². The maximum absolute atomic E-state index is 9.04. The molecule has 0 aliphatic rings. The minimum atomic E-state index is -0.322. The van der Waals surface area contributed by atoms with Crippen LogP contribution in [0.3, 0.4) is 0 Å². The molecular weight excluding hydrogens is 140 g/mol. The number of aliphatic hydroxyl groups is 1. The third kappa shape index (κ3) is 2.55. The van der Waals surface area contributed by atoms with E-state index in [1.165, 1.54) is 0 Å². The van der Waals surface area contributed by atoms with Crippen molar-refractivity contribution in [1.29, 1.82) is 0 Å². The van der Waals surface area contributed by atoms with Gasteiger partial charge in [-0.05, 0) is 31.0 Å². The fourth-order valence-corrected chi connectivity index (χ4v) is 0.962. The Morgan fingerprint density at radius 2 is 2.45 bits per heavy atom. The smallest absolute Gasteiger partial charge is 0.123 e. The summed E-state index contributed by atoms with van der Waals surface area (Å²) in [6.07, 6.45) is 1.96. The first kappa shape index (κ1) is 8.01. The van der Waals surface area contributed by atoms with Gasteiger partial charge in [-0.2, -0.15) is 0 Å². The second-order valence-corrected chi connectivity index (χ2v) is 2.64. The van der Waals surface area contributed by atoms with E-state index in [9.17, 15) is 0 Å². The summed E-state index contributed by atoms with van der Waals surface area (Å²) in [5.41, 5.74) is 6.46. The molecular formula is C8H12N2O. The highest BCUT2D eigenvalue weighted by Gasteiger charge is 1.98. The van der Waals surface area contributed by atoms with Crippen LogP contribution in [0.4, 0.5) is 5.82 Å². The van der Waals surface area contributed by atoms with Crippen LogP contribution in [0.2, 0.25) is 0 Å². The Kier molecular flexibility index (Phi) is 2.44. The Morgan fingerprint density at radius 1 is 1.73 bits per heavy atom. The van der Waals surface area contributed by atoms with Crippen LogP contribution in [0, 0.1) is 0 Å². The van der Waals surface area contributed by atoms with Crippen molar-refractivity contribution >= 4 is 5.82 Å². The molecule has 0 radical (unpaired) electrons. The number of aliphatic hydroxyl groups excluding tert-OH is 1. The van der Waals surface area contributed by atoms with Crippen LogP contribution in [-0.4, -0.2) is 16.2 Å². The first-order chi connectivity index (χ1) is 5.18. The topological polar surface area (TPSA) is 59.1 Å². The lowest BCUT2D eigenvalue weighted by Gasteiger charge is -2.03. The lowest BCUT2D eigenvalue weighted by Crippen LogP contribution is -2.04. The van der Waals surface area contributed by atoms with Gasteiger partial charge in [0.2, 0.25) is 0 Å². The van der Waals surface area contributed by atoms with Crippen LogP contribution in [0.15, 0.2) is 18.3 Å². The van der Waals surface area contributed by atoms with Crippen LogP contribution in [0.25, 0.3) is 0 Å². The zero-order valence-corrected chi connectivity index (χ0v) is 6.49. The summed E-state index contributed by atoms with van der Waals surface area (Å²) in [5.74, 6) is 0.503. The van der Waals surface area contributed by atoms with Gasteiger partial charge in [-0.15, -0.1) is 0 Å². The molecule has 1 unspecified atom stereocenters. The molecule has 0 saturated heterocycles. The number of rotatable bonds is 2. The van der Waals surface area contributed by atoms with Crippen LogP contribution < -0.4 is 5.73 Å². The largest absolute Gasteiger partial charge is 0.393 e. The quantitative estimate of drug-likeness (QED) is 0.652. The van der Waals surface area contributed by atoms with Gasteiger partial charge < -0.3 is 10.8 Å². The van der Waals surface area contributed by atoms with E-state index in [1.807, 2.05) is 6.07 Å². The molecule has 0 bridgehead atoms. The van der Waals surface area contributed by atoms with E-state index in [-0.39, 0.29) is 6.10 Å². The summed E-state index contributed by atoms with van der Waals surface area (Å²) in [7, 11) is 0. The van der Waals surface area contributed by atoms with Gasteiger partial charge in [-0.25, -0.2) is 4.98 Å². The van der Waals surface area contributed by atoms with Crippen LogP contribution in [0.5, 0.6) is 0 Å². The summed E-state index contributed by atoms with van der Waals surface area (Å²) in [6, 6.07) is 3.62. The summed E-state index contributed by atoms with van der Waals surface area (Å²) in [5, 5.41) is 9.04. The molecule has 0 fully saturated rings. The van der Waals surface area contributed by atoms with Crippen molar-refractivity contribution in [2.24, 2.45) is 0 Å². The van der Waals surface area contributed by atoms with Gasteiger partial charge in [0.1, 0.15) is 5.82 Å². The fourth-order valence-electron chi connectivity index (χ4n) is 0.962. The van der Waals surface area contributed by atoms with E-state index in [1.54, 1.807) is 19.2 Å². The molecule has 0 amide bonds. The van der Waals surface area contributed by atoms with E-state index >= 15 is 0 Å². The molecule has 1 aromatic rings. The Morgan fingerprint density at radius 3 is 3.00 bits per heavy atom. The van der Waals surface area contributed by atoms with Gasteiger partial charge in [-0.1, -0.05) is 0 Å². The minimum Gasteiger partial charge on any atom is -0.393 e. The number of hydrogen-bond acceptors (Lipinski definition) is 3. The number of aromatic nitrogens is 1. The normalized spacial score (nSPS) is 12.9. The highest BCUT2D eigenvalue weighted by atomic mass is 16.3. The Bertz CT molecular complexity index is 235. The summed E-state index contributed by atoms with van der Waals surface area (Å²) in [6.45, 7) is 1.75. The molecule has 0 spiro atoms. The Balaban J connectivity index is 2.71. The molecule has 1 atom stereocenters. The third-order valence-electron chi connectivity index (χ3n) is 1.38. The number of nitrogens with zero attached hydrogens (tertiary/aromatic N) is 1. The molecule has 60 valence electrons. The first-order valence-corrected chi connectivity index (χ1v) is 3.57. The zero-order valence-electron chi connectivity index (χ0n) is 6.49. The maximum atomic E-state index is 9.04. The van der Waals surface area contributed by atoms with Crippen molar-refractivity contribution in [2.75, 3.05) is 5.73 Å². The van der Waals surface area contributed by atoms with Crippen molar-refractivity contribution in [3.63, 3.8) is 0 Å². The van der Waals surface area contributed by atoms with E-state index in [0.717, 1.165) is 5.56 Å². The van der Waals surface area contributed by atoms with Crippen molar-refractivity contribution in [3.05, 3.63) is 23.9 Å². The summed E-state index contributed by atoms with van der Waals surface area (Å²) < 4.78 is 0. The lowest BCUT2D eigenvalue weighted by molar-refractivity contribution is 0.195. The highest BCUT2D eigenvalue weighted by molar-refractivity contribution is 5.31. The first-order valence-electron chi connectivity index (χ1n) is 3.57. The molecule has 0 saturated carbocycles. The molecule has 3 heteroatoms. The van der Waals surface area contributed by atoms with Crippen molar-refractivity contribution in [3.8, 4) is 0 Å². The SMILES string of the molecule is CC(O)Cc1ccnc(N)c1. The predicted octanol–water partition coefficient (Wildman–Crippen LogP) is 0.587. The molecule has 0 aromatic carbocycles.